The van der Waals surface area contributed by atoms with E-state index in [1.54, 1.807) is 24.8 Å². The molecule has 0 unspecified atom stereocenters. The molecule has 4 aromatic heterocycles. The van der Waals surface area contributed by atoms with Gasteiger partial charge in [0.2, 0.25) is 0 Å². The van der Waals surface area contributed by atoms with Gasteiger partial charge in [0.05, 0.1) is 22.4 Å². The zero-order valence-corrected chi connectivity index (χ0v) is 17.4. The maximum atomic E-state index is 15.1. The number of benzene rings is 1. The number of imidazole rings is 1. The van der Waals surface area contributed by atoms with Gasteiger partial charge in [0.25, 0.3) is 0 Å². The Kier molecular flexibility index (Phi) is 4.58. The molecule has 0 radical (unpaired) electrons. The van der Waals surface area contributed by atoms with Crippen molar-refractivity contribution < 1.29 is 9.13 Å². The molecule has 0 aliphatic carbocycles. The van der Waals surface area contributed by atoms with Crippen molar-refractivity contribution in [3.8, 4) is 17.1 Å². The molecule has 0 saturated heterocycles. The van der Waals surface area contributed by atoms with Crippen molar-refractivity contribution in [2.75, 3.05) is 0 Å². The van der Waals surface area contributed by atoms with Gasteiger partial charge in [0.1, 0.15) is 23.7 Å². The molecule has 0 aliphatic rings. The lowest BCUT2D eigenvalue weighted by molar-refractivity contribution is 0.304. The lowest BCUT2D eigenvalue weighted by Gasteiger charge is -2.12. The van der Waals surface area contributed by atoms with Crippen LogP contribution in [0.5, 0.6) is 5.75 Å². The highest BCUT2D eigenvalue weighted by Gasteiger charge is 2.19. The molecule has 0 N–H and O–H groups in total. The van der Waals surface area contributed by atoms with Crippen LogP contribution >= 0.6 is 0 Å². The van der Waals surface area contributed by atoms with Gasteiger partial charge in [-0.15, -0.1) is 0 Å². The molecule has 5 rings (SSSR count). The first-order valence-electron chi connectivity index (χ1n) is 9.94. The lowest BCUT2D eigenvalue weighted by Crippen LogP contribution is -2.02. The maximum Gasteiger partial charge on any atom is 0.154 e. The summed E-state index contributed by atoms with van der Waals surface area (Å²) in [6, 6.07) is 8.86. The Morgan fingerprint density at radius 1 is 0.968 bits per heavy atom. The first-order valence-corrected chi connectivity index (χ1v) is 9.94. The Morgan fingerprint density at radius 2 is 1.77 bits per heavy atom. The average molecular weight is 413 g/mol. The van der Waals surface area contributed by atoms with Crippen LogP contribution in [-0.4, -0.2) is 24.3 Å². The zero-order valence-electron chi connectivity index (χ0n) is 17.4. The monoisotopic (exact) mass is 413 g/mol. The third-order valence-electron chi connectivity index (χ3n) is 5.32. The summed E-state index contributed by atoms with van der Waals surface area (Å²) in [5.74, 6) is 0.712. The minimum atomic E-state index is -0.438. The Labute approximate surface area is 178 Å². The van der Waals surface area contributed by atoms with Crippen molar-refractivity contribution in [3.63, 3.8) is 0 Å². The summed E-state index contributed by atoms with van der Waals surface area (Å²) in [5, 5.41) is 0. The van der Waals surface area contributed by atoms with Crippen LogP contribution in [0.4, 0.5) is 4.39 Å². The van der Waals surface area contributed by atoms with Crippen LogP contribution in [0.1, 0.15) is 22.5 Å². The van der Waals surface area contributed by atoms with Gasteiger partial charge in [-0.1, -0.05) is 6.07 Å². The molecular weight excluding hydrogens is 393 g/mol. The lowest BCUT2D eigenvalue weighted by atomic mass is 10.1. The van der Waals surface area contributed by atoms with Crippen molar-refractivity contribution in [2.45, 2.75) is 27.4 Å². The van der Waals surface area contributed by atoms with Crippen LogP contribution in [0.2, 0.25) is 0 Å². The Bertz CT molecular complexity index is 1430. The topological polar surface area (TPSA) is 65.2 Å². The largest absolute Gasteiger partial charge is 0.489 e. The smallest absolute Gasteiger partial charge is 0.154 e. The number of aromatic nitrogens is 5. The summed E-state index contributed by atoms with van der Waals surface area (Å²) in [7, 11) is 0. The fourth-order valence-corrected chi connectivity index (χ4v) is 3.89. The summed E-state index contributed by atoms with van der Waals surface area (Å²) in [4.78, 5) is 17.6. The van der Waals surface area contributed by atoms with Gasteiger partial charge in [-0.05, 0) is 38.5 Å². The van der Waals surface area contributed by atoms with E-state index in [9.17, 15) is 0 Å². The van der Waals surface area contributed by atoms with Crippen molar-refractivity contribution in [1.82, 2.24) is 24.3 Å². The highest BCUT2D eigenvalue weighted by Crippen LogP contribution is 2.32. The standard InChI is InChI=1S/C24H20FN5O/c1-14-11-27-8-6-19(14)24-29-16(3)23-15(2)28-22-20(25)9-18(10-21(22)30(23)24)31-13-17-5-4-7-26-12-17/h4-12H,13H2,1-3H3. The van der Waals surface area contributed by atoms with E-state index >= 15 is 4.39 Å². The highest BCUT2D eigenvalue weighted by molar-refractivity contribution is 5.85. The molecule has 0 aliphatic heterocycles. The highest BCUT2D eigenvalue weighted by atomic mass is 19.1. The normalized spacial score (nSPS) is 11.4. The summed E-state index contributed by atoms with van der Waals surface area (Å²) in [6.45, 7) is 6.09. The van der Waals surface area contributed by atoms with Crippen LogP contribution in [0, 0.1) is 26.6 Å². The van der Waals surface area contributed by atoms with E-state index in [-0.39, 0.29) is 5.52 Å². The van der Waals surface area contributed by atoms with Crippen LogP contribution in [0.3, 0.4) is 0 Å². The van der Waals surface area contributed by atoms with E-state index in [0.717, 1.165) is 39.4 Å². The van der Waals surface area contributed by atoms with Crippen molar-refractivity contribution in [2.24, 2.45) is 0 Å². The Balaban J connectivity index is 1.74. The second kappa shape index (κ2) is 7.43. The van der Waals surface area contributed by atoms with Crippen molar-refractivity contribution in [1.29, 1.82) is 0 Å². The predicted octanol–water partition coefficient (Wildman–Crippen LogP) is 4.98. The molecule has 0 fully saturated rings. The first kappa shape index (κ1) is 19.1. The fourth-order valence-electron chi connectivity index (χ4n) is 3.89. The molecule has 4 heterocycles. The molecule has 154 valence electrons. The molecular formula is C24H20FN5O. The van der Waals surface area contributed by atoms with Crippen molar-refractivity contribution >= 4 is 16.6 Å². The quantitative estimate of drug-likeness (QED) is 0.416. The molecule has 1 aromatic carbocycles. The van der Waals surface area contributed by atoms with E-state index < -0.39 is 5.82 Å². The number of halogens is 1. The average Bonchev–Trinajstić information content (AvgIpc) is 3.12. The third kappa shape index (κ3) is 3.28. The number of fused-ring (bicyclic) bond motifs is 3. The molecule has 0 atom stereocenters. The minimum Gasteiger partial charge on any atom is -0.489 e. The number of aryl methyl sites for hydroxylation is 3. The van der Waals surface area contributed by atoms with Gasteiger partial charge in [-0.25, -0.2) is 14.4 Å². The van der Waals surface area contributed by atoms with Gasteiger partial charge in [0, 0.05) is 48.0 Å². The molecule has 0 amide bonds. The first-order chi connectivity index (χ1) is 15.0. The second-order valence-electron chi connectivity index (χ2n) is 7.52. The van der Waals surface area contributed by atoms with Crippen LogP contribution in [-0.2, 0) is 6.61 Å². The summed E-state index contributed by atoms with van der Waals surface area (Å²) < 4.78 is 23.0. The van der Waals surface area contributed by atoms with E-state index in [2.05, 4.69) is 15.0 Å². The number of hydrogen-bond donors (Lipinski definition) is 0. The number of ether oxygens (including phenoxy) is 1. The van der Waals surface area contributed by atoms with E-state index in [4.69, 9.17) is 9.72 Å². The summed E-state index contributed by atoms with van der Waals surface area (Å²) >= 11 is 0. The molecule has 31 heavy (non-hydrogen) atoms. The van der Waals surface area contributed by atoms with Gasteiger partial charge < -0.3 is 4.74 Å². The summed E-state index contributed by atoms with van der Waals surface area (Å²) in [5.41, 5.74) is 6.13. The van der Waals surface area contributed by atoms with Gasteiger partial charge in [-0.2, -0.15) is 0 Å². The molecule has 0 saturated carbocycles. The van der Waals surface area contributed by atoms with Gasteiger partial charge >= 0.3 is 0 Å². The van der Waals surface area contributed by atoms with Gasteiger partial charge in [-0.3, -0.25) is 14.4 Å². The Hall–Kier alpha value is -3.87. The Morgan fingerprint density at radius 3 is 2.55 bits per heavy atom. The van der Waals surface area contributed by atoms with E-state index in [0.29, 0.717) is 17.9 Å². The number of nitrogens with zero attached hydrogens (tertiary/aromatic N) is 5. The summed E-state index contributed by atoms with van der Waals surface area (Å²) in [6.07, 6.45) is 6.96. The van der Waals surface area contributed by atoms with Crippen LogP contribution in [0.15, 0.2) is 55.1 Å². The second-order valence-corrected chi connectivity index (χ2v) is 7.52. The van der Waals surface area contributed by atoms with Crippen LogP contribution < -0.4 is 4.74 Å². The van der Waals surface area contributed by atoms with Crippen LogP contribution in [0.25, 0.3) is 27.9 Å². The molecule has 5 aromatic rings. The van der Waals surface area contributed by atoms with Gasteiger partial charge in [0.15, 0.2) is 5.82 Å². The number of pyridine rings is 2. The van der Waals surface area contributed by atoms with E-state index in [1.807, 2.05) is 49.4 Å². The molecule has 7 heteroatoms. The zero-order chi connectivity index (χ0) is 21.5. The third-order valence-corrected chi connectivity index (χ3v) is 5.32. The minimum absolute atomic E-state index is 0.282. The molecule has 6 nitrogen and oxygen atoms in total. The molecule has 0 spiro atoms. The maximum absolute atomic E-state index is 15.1. The van der Waals surface area contributed by atoms with Crippen molar-refractivity contribution in [3.05, 3.63) is 83.5 Å². The predicted molar refractivity (Wildman–Crippen MR) is 116 cm³/mol. The molecule has 0 bridgehead atoms. The SMILES string of the molecule is Cc1cnccc1-c1nc(C)c2c(C)nc3c(F)cc(OCc4cccnc4)cc3n12. The van der Waals surface area contributed by atoms with E-state index in [1.165, 1.54) is 6.07 Å². The number of rotatable bonds is 4. The number of hydrogen-bond acceptors (Lipinski definition) is 5. The fraction of sp³-hybridized carbons (Fsp3) is 0.167.